The molecule has 2 rings (SSSR count). The molecule has 2 fully saturated rings. The average Bonchev–Trinajstić information content (AvgIpc) is 2.37. The van der Waals surface area contributed by atoms with Gasteiger partial charge in [0.25, 0.3) is 0 Å². The second kappa shape index (κ2) is 5.57. The number of aliphatic hydroxyl groups is 1. The summed E-state index contributed by atoms with van der Waals surface area (Å²) >= 11 is 0. The zero-order chi connectivity index (χ0) is 13.2. The number of β-amino-alcohol motifs (C(OH)–C–C–N with tert-alkyl or cyclic N) is 1. The van der Waals surface area contributed by atoms with E-state index in [1.165, 1.54) is 6.42 Å². The van der Waals surface area contributed by atoms with Crippen molar-refractivity contribution in [3.63, 3.8) is 0 Å². The number of nitrogens with one attached hydrogen (secondary N) is 1. The number of rotatable bonds is 2. The van der Waals surface area contributed by atoms with Gasteiger partial charge in [0.1, 0.15) is 0 Å². The lowest BCUT2D eigenvalue weighted by Crippen LogP contribution is -2.55. The fourth-order valence-electron chi connectivity index (χ4n) is 3.18. The molecule has 0 aliphatic carbocycles. The second-order valence-corrected chi connectivity index (χ2v) is 6.17. The molecule has 4 heteroatoms. The van der Waals surface area contributed by atoms with Crippen molar-refractivity contribution in [2.24, 2.45) is 5.92 Å². The van der Waals surface area contributed by atoms with E-state index in [9.17, 15) is 9.90 Å². The SMILES string of the molecule is CCC1CCNC(C(=O)N2CCCC(C)(O)C2)C1. The largest absolute Gasteiger partial charge is 0.388 e. The van der Waals surface area contributed by atoms with Gasteiger partial charge in [-0.15, -0.1) is 0 Å². The third-order valence-corrected chi connectivity index (χ3v) is 4.37. The molecule has 2 aliphatic rings. The minimum Gasteiger partial charge on any atom is -0.388 e. The van der Waals surface area contributed by atoms with Crippen molar-refractivity contribution in [1.29, 1.82) is 0 Å². The number of amides is 1. The first-order valence-electron chi connectivity index (χ1n) is 7.26. The summed E-state index contributed by atoms with van der Waals surface area (Å²) in [5.41, 5.74) is -0.702. The minimum atomic E-state index is -0.702. The Balaban J connectivity index is 1.94. The number of hydrogen-bond acceptors (Lipinski definition) is 3. The fraction of sp³-hybridized carbons (Fsp3) is 0.929. The molecule has 104 valence electrons. The summed E-state index contributed by atoms with van der Waals surface area (Å²) in [6, 6.07) is -0.0300. The molecule has 2 saturated heterocycles. The summed E-state index contributed by atoms with van der Waals surface area (Å²) < 4.78 is 0. The van der Waals surface area contributed by atoms with Crippen molar-refractivity contribution in [3.8, 4) is 0 Å². The Morgan fingerprint density at radius 1 is 1.56 bits per heavy atom. The molecule has 3 unspecified atom stereocenters. The van der Waals surface area contributed by atoms with E-state index in [0.717, 1.165) is 38.8 Å². The third kappa shape index (κ3) is 3.23. The Kier molecular flexibility index (Phi) is 4.28. The maximum atomic E-state index is 12.5. The first-order chi connectivity index (χ1) is 8.52. The first kappa shape index (κ1) is 13.8. The van der Waals surface area contributed by atoms with Crippen LogP contribution < -0.4 is 5.32 Å². The predicted molar refractivity (Wildman–Crippen MR) is 71.2 cm³/mol. The van der Waals surface area contributed by atoms with Crippen LogP contribution in [0.15, 0.2) is 0 Å². The van der Waals surface area contributed by atoms with E-state index in [-0.39, 0.29) is 11.9 Å². The van der Waals surface area contributed by atoms with E-state index >= 15 is 0 Å². The van der Waals surface area contributed by atoms with Gasteiger partial charge in [-0.1, -0.05) is 13.3 Å². The topological polar surface area (TPSA) is 52.6 Å². The van der Waals surface area contributed by atoms with E-state index in [4.69, 9.17) is 0 Å². The van der Waals surface area contributed by atoms with E-state index in [1.807, 2.05) is 11.8 Å². The smallest absolute Gasteiger partial charge is 0.239 e. The molecule has 0 aromatic heterocycles. The van der Waals surface area contributed by atoms with Crippen LogP contribution in [-0.2, 0) is 4.79 Å². The standard InChI is InChI=1S/C14H26N2O2/c1-3-11-5-7-15-12(9-11)13(17)16-8-4-6-14(2,18)10-16/h11-12,15,18H,3-10H2,1-2H3. The van der Waals surface area contributed by atoms with E-state index < -0.39 is 5.60 Å². The average molecular weight is 254 g/mol. The van der Waals surface area contributed by atoms with Gasteiger partial charge < -0.3 is 15.3 Å². The van der Waals surface area contributed by atoms with Crippen molar-refractivity contribution < 1.29 is 9.90 Å². The Hall–Kier alpha value is -0.610. The Morgan fingerprint density at radius 2 is 2.33 bits per heavy atom. The maximum absolute atomic E-state index is 12.5. The Morgan fingerprint density at radius 3 is 3.00 bits per heavy atom. The number of piperidine rings is 2. The van der Waals surface area contributed by atoms with Gasteiger partial charge in [0.2, 0.25) is 5.91 Å². The summed E-state index contributed by atoms with van der Waals surface area (Å²) in [6.07, 6.45) is 4.99. The molecule has 1 amide bonds. The molecule has 2 aliphatic heterocycles. The van der Waals surface area contributed by atoms with Gasteiger partial charge in [0, 0.05) is 13.1 Å². The molecular weight excluding hydrogens is 228 g/mol. The summed E-state index contributed by atoms with van der Waals surface area (Å²) in [7, 11) is 0. The van der Waals surface area contributed by atoms with E-state index in [2.05, 4.69) is 12.2 Å². The van der Waals surface area contributed by atoms with Crippen molar-refractivity contribution in [3.05, 3.63) is 0 Å². The molecule has 0 spiro atoms. The monoisotopic (exact) mass is 254 g/mol. The van der Waals surface area contributed by atoms with Crippen LogP contribution in [0, 0.1) is 5.92 Å². The molecule has 2 heterocycles. The molecule has 0 bridgehead atoms. The molecule has 4 nitrogen and oxygen atoms in total. The zero-order valence-electron chi connectivity index (χ0n) is 11.6. The highest BCUT2D eigenvalue weighted by Gasteiger charge is 2.35. The van der Waals surface area contributed by atoms with Gasteiger partial charge >= 0.3 is 0 Å². The molecule has 18 heavy (non-hydrogen) atoms. The van der Waals surface area contributed by atoms with Gasteiger partial charge in [-0.3, -0.25) is 4.79 Å². The van der Waals surface area contributed by atoms with E-state index in [1.54, 1.807) is 0 Å². The Bertz CT molecular complexity index is 304. The predicted octanol–water partition coefficient (Wildman–Crippen LogP) is 1.14. The molecule has 0 saturated carbocycles. The molecule has 0 aromatic carbocycles. The summed E-state index contributed by atoms with van der Waals surface area (Å²) in [5.74, 6) is 0.860. The number of likely N-dealkylation sites (tertiary alicyclic amines) is 1. The molecular formula is C14H26N2O2. The normalized spacial score (nSPS) is 37.6. The highest BCUT2D eigenvalue weighted by molar-refractivity contribution is 5.82. The molecule has 2 N–H and O–H groups in total. The maximum Gasteiger partial charge on any atom is 0.239 e. The van der Waals surface area contributed by atoms with Gasteiger partial charge in [-0.25, -0.2) is 0 Å². The third-order valence-electron chi connectivity index (χ3n) is 4.37. The van der Waals surface area contributed by atoms with Crippen LogP contribution >= 0.6 is 0 Å². The van der Waals surface area contributed by atoms with Gasteiger partial charge in [-0.05, 0) is 45.1 Å². The minimum absolute atomic E-state index is 0.0300. The van der Waals surface area contributed by atoms with Crippen LogP contribution in [0.1, 0.15) is 46.0 Å². The zero-order valence-corrected chi connectivity index (χ0v) is 11.6. The lowest BCUT2D eigenvalue weighted by molar-refractivity contribution is -0.140. The number of nitrogens with zero attached hydrogens (tertiary/aromatic N) is 1. The summed E-state index contributed by atoms with van der Waals surface area (Å²) in [5, 5.41) is 13.4. The first-order valence-corrected chi connectivity index (χ1v) is 7.26. The van der Waals surface area contributed by atoms with Gasteiger partial charge in [0.05, 0.1) is 11.6 Å². The van der Waals surface area contributed by atoms with E-state index in [0.29, 0.717) is 12.5 Å². The lowest BCUT2D eigenvalue weighted by Gasteiger charge is -2.40. The van der Waals surface area contributed by atoms with Crippen LogP contribution in [-0.4, -0.2) is 47.2 Å². The highest BCUT2D eigenvalue weighted by Crippen LogP contribution is 2.24. The summed E-state index contributed by atoms with van der Waals surface area (Å²) in [6.45, 7) is 6.25. The van der Waals surface area contributed by atoms with Crippen molar-refractivity contribution >= 4 is 5.91 Å². The fourth-order valence-corrected chi connectivity index (χ4v) is 3.18. The van der Waals surface area contributed by atoms with Crippen molar-refractivity contribution in [1.82, 2.24) is 10.2 Å². The van der Waals surface area contributed by atoms with Crippen molar-refractivity contribution in [2.75, 3.05) is 19.6 Å². The summed E-state index contributed by atoms with van der Waals surface area (Å²) in [4.78, 5) is 14.3. The number of hydrogen-bond donors (Lipinski definition) is 2. The molecule has 0 radical (unpaired) electrons. The van der Waals surface area contributed by atoms with Gasteiger partial charge in [-0.2, -0.15) is 0 Å². The number of carbonyl (C=O) groups is 1. The highest BCUT2D eigenvalue weighted by atomic mass is 16.3. The molecule has 3 atom stereocenters. The van der Waals surface area contributed by atoms with Crippen LogP contribution in [0.25, 0.3) is 0 Å². The van der Waals surface area contributed by atoms with Gasteiger partial charge in [0.15, 0.2) is 0 Å². The number of carbonyl (C=O) groups excluding carboxylic acids is 1. The van der Waals surface area contributed by atoms with Crippen LogP contribution in [0.3, 0.4) is 0 Å². The van der Waals surface area contributed by atoms with Crippen LogP contribution in [0.5, 0.6) is 0 Å². The molecule has 0 aromatic rings. The Labute approximate surface area is 110 Å². The lowest BCUT2D eigenvalue weighted by atomic mass is 9.88. The second-order valence-electron chi connectivity index (χ2n) is 6.17. The van der Waals surface area contributed by atoms with Crippen LogP contribution in [0.4, 0.5) is 0 Å². The van der Waals surface area contributed by atoms with Crippen molar-refractivity contribution in [2.45, 2.75) is 57.6 Å². The quantitative estimate of drug-likeness (QED) is 0.777. The van der Waals surface area contributed by atoms with Crippen LogP contribution in [0.2, 0.25) is 0 Å².